The maximum atomic E-state index is 10.7. The Balaban J connectivity index is 2.98. The van der Waals surface area contributed by atoms with Crippen LogP contribution in [0.4, 0.5) is 0 Å². The van der Waals surface area contributed by atoms with E-state index in [9.17, 15) is 4.79 Å². The maximum Gasteiger partial charge on any atom is 0.335 e. The second-order valence-electron chi connectivity index (χ2n) is 2.89. The van der Waals surface area contributed by atoms with E-state index in [1.165, 1.54) is 5.56 Å². The third kappa shape index (κ3) is 2.69. The zero-order valence-electron chi connectivity index (χ0n) is 7.38. The van der Waals surface area contributed by atoms with Gasteiger partial charge in [-0.1, -0.05) is 34.7 Å². The number of hydrogen-bond donors (Lipinski definition) is 1. The molecule has 0 aromatic heterocycles. The van der Waals surface area contributed by atoms with Crippen molar-refractivity contribution in [2.24, 2.45) is 0 Å². The van der Waals surface area contributed by atoms with Crippen LogP contribution in [0.25, 0.3) is 0 Å². The molecule has 0 spiro atoms. The molecule has 0 aliphatic rings. The van der Waals surface area contributed by atoms with E-state index in [0.717, 1.165) is 16.4 Å². The van der Waals surface area contributed by atoms with E-state index in [2.05, 4.69) is 22.6 Å². The fourth-order valence-electron chi connectivity index (χ4n) is 1.23. The first-order valence-electron chi connectivity index (χ1n) is 4.04. The van der Waals surface area contributed by atoms with Crippen LogP contribution in [-0.4, -0.2) is 15.5 Å². The molecule has 0 unspecified atom stereocenters. The molecule has 0 heterocycles. The van der Waals surface area contributed by atoms with Crippen LogP contribution in [0.5, 0.6) is 0 Å². The number of carbonyl (C=O) groups is 1. The second kappa shape index (κ2) is 4.60. The highest BCUT2D eigenvalue weighted by atomic mass is 127. The standard InChI is InChI=1S/C10H11IO2/c1-7-6-8(4-5-11)2-3-9(7)10(12)13/h2-3,6H,4-5H2,1H3,(H,12,13). The molecule has 0 atom stereocenters. The molecule has 13 heavy (non-hydrogen) atoms. The summed E-state index contributed by atoms with van der Waals surface area (Å²) in [6, 6.07) is 5.51. The summed E-state index contributed by atoms with van der Waals surface area (Å²) in [5.74, 6) is -0.849. The van der Waals surface area contributed by atoms with E-state index in [1.807, 2.05) is 19.1 Å². The Labute approximate surface area is 91.1 Å². The summed E-state index contributed by atoms with van der Waals surface area (Å²) in [7, 11) is 0. The molecule has 0 fully saturated rings. The van der Waals surface area contributed by atoms with Crippen LogP contribution >= 0.6 is 22.6 Å². The average molecular weight is 290 g/mol. The van der Waals surface area contributed by atoms with Gasteiger partial charge in [0.05, 0.1) is 5.56 Å². The molecular weight excluding hydrogens is 279 g/mol. The fourth-order valence-corrected chi connectivity index (χ4v) is 1.85. The van der Waals surface area contributed by atoms with Crippen molar-refractivity contribution in [1.29, 1.82) is 0 Å². The van der Waals surface area contributed by atoms with Gasteiger partial charge in [0.1, 0.15) is 0 Å². The topological polar surface area (TPSA) is 37.3 Å². The highest BCUT2D eigenvalue weighted by Gasteiger charge is 2.06. The molecule has 1 rings (SSSR count). The van der Waals surface area contributed by atoms with Gasteiger partial charge in [0.15, 0.2) is 0 Å². The van der Waals surface area contributed by atoms with Crippen molar-refractivity contribution < 1.29 is 9.90 Å². The molecule has 0 radical (unpaired) electrons. The number of benzene rings is 1. The lowest BCUT2D eigenvalue weighted by Crippen LogP contribution is -2.00. The minimum Gasteiger partial charge on any atom is -0.478 e. The lowest BCUT2D eigenvalue weighted by atomic mass is 10.0. The Morgan fingerprint density at radius 3 is 2.69 bits per heavy atom. The molecule has 2 nitrogen and oxygen atoms in total. The molecule has 0 amide bonds. The van der Waals surface area contributed by atoms with Gasteiger partial charge in [0.25, 0.3) is 0 Å². The molecule has 0 aliphatic heterocycles. The number of carboxylic acids is 1. The molecular formula is C10H11IO2. The van der Waals surface area contributed by atoms with Crippen molar-refractivity contribution in [2.75, 3.05) is 4.43 Å². The van der Waals surface area contributed by atoms with Gasteiger partial charge < -0.3 is 5.11 Å². The summed E-state index contributed by atoms with van der Waals surface area (Å²) in [5.41, 5.74) is 2.45. The van der Waals surface area contributed by atoms with Crippen LogP contribution in [-0.2, 0) is 6.42 Å². The van der Waals surface area contributed by atoms with Gasteiger partial charge >= 0.3 is 5.97 Å². The Kier molecular flexibility index (Phi) is 3.71. The molecule has 1 aromatic rings. The smallest absolute Gasteiger partial charge is 0.335 e. The number of hydrogen-bond acceptors (Lipinski definition) is 1. The minimum absolute atomic E-state index is 0.400. The van der Waals surface area contributed by atoms with Crippen molar-refractivity contribution in [3.8, 4) is 0 Å². The molecule has 0 saturated carbocycles. The molecule has 0 bridgehead atoms. The maximum absolute atomic E-state index is 10.7. The number of aryl methyl sites for hydroxylation is 2. The highest BCUT2D eigenvalue weighted by molar-refractivity contribution is 14.1. The molecule has 0 aliphatic carbocycles. The Morgan fingerprint density at radius 1 is 1.54 bits per heavy atom. The van der Waals surface area contributed by atoms with Gasteiger partial charge in [-0.2, -0.15) is 0 Å². The number of aromatic carboxylic acids is 1. The monoisotopic (exact) mass is 290 g/mol. The summed E-state index contributed by atoms with van der Waals surface area (Å²) in [6.07, 6.45) is 1.00. The van der Waals surface area contributed by atoms with Gasteiger partial charge in [-0.15, -0.1) is 0 Å². The summed E-state index contributed by atoms with van der Waals surface area (Å²) in [5, 5.41) is 8.78. The van der Waals surface area contributed by atoms with Crippen molar-refractivity contribution in [3.05, 3.63) is 34.9 Å². The van der Waals surface area contributed by atoms with Crippen LogP contribution in [0, 0.1) is 6.92 Å². The molecule has 1 N–H and O–H groups in total. The van der Waals surface area contributed by atoms with E-state index in [1.54, 1.807) is 6.07 Å². The van der Waals surface area contributed by atoms with Crippen molar-refractivity contribution >= 4 is 28.6 Å². The third-order valence-electron chi connectivity index (χ3n) is 1.90. The number of rotatable bonds is 3. The summed E-state index contributed by atoms with van der Waals surface area (Å²) in [6.45, 7) is 1.83. The number of halogens is 1. The van der Waals surface area contributed by atoms with Crippen LogP contribution in [0.2, 0.25) is 0 Å². The largest absolute Gasteiger partial charge is 0.478 e. The van der Waals surface area contributed by atoms with Gasteiger partial charge in [-0.05, 0) is 30.5 Å². The lowest BCUT2D eigenvalue weighted by molar-refractivity contribution is 0.0696. The number of carboxylic acid groups (broad SMARTS) is 1. The van der Waals surface area contributed by atoms with Crippen molar-refractivity contribution in [1.82, 2.24) is 0 Å². The van der Waals surface area contributed by atoms with Gasteiger partial charge in [0, 0.05) is 4.43 Å². The normalized spacial score (nSPS) is 10.0. The highest BCUT2D eigenvalue weighted by Crippen LogP contribution is 2.12. The molecule has 0 saturated heterocycles. The quantitative estimate of drug-likeness (QED) is 0.686. The first-order chi connectivity index (χ1) is 6.15. The SMILES string of the molecule is Cc1cc(CCI)ccc1C(=O)O. The van der Waals surface area contributed by atoms with Crippen LogP contribution in [0.1, 0.15) is 21.5 Å². The zero-order chi connectivity index (χ0) is 9.84. The molecule has 70 valence electrons. The third-order valence-corrected chi connectivity index (χ3v) is 2.44. The minimum atomic E-state index is -0.849. The Bertz CT molecular complexity index is 321. The van der Waals surface area contributed by atoms with E-state index in [-0.39, 0.29) is 0 Å². The van der Waals surface area contributed by atoms with E-state index in [0.29, 0.717) is 5.56 Å². The molecule has 1 aromatic carbocycles. The van der Waals surface area contributed by atoms with E-state index >= 15 is 0 Å². The van der Waals surface area contributed by atoms with Crippen molar-refractivity contribution in [2.45, 2.75) is 13.3 Å². The first kappa shape index (κ1) is 10.5. The van der Waals surface area contributed by atoms with E-state index < -0.39 is 5.97 Å². The van der Waals surface area contributed by atoms with Crippen LogP contribution in [0.3, 0.4) is 0 Å². The Hall–Kier alpha value is -0.580. The van der Waals surface area contributed by atoms with Gasteiger partial charge in [0.2, 0.25) is 0 Å². The predicted molar refractivity (Wildman–Crippen MR) is 60.7 cm³/mol. The summed E-state index contributed by atoms with van der Waals surface area (Å²) >= 11 is 2.31. The average Bonchev–Trinajstić information content (AvgIpc) is 2.04. The predicted octanol–water partition coefficient (Wildman–Crippen LogP) is 2.67. The first-order valence-corrected chi connectivity index (χ1v) is 5.56. The van der Waals surface area contributed by atoms with Crippen molar-refractivity contribution in [3.63, 3.8) is 0 Å². The molecule has 3 heteroatoms. The Morgan fingerprint density at radius 2 is 2.23 bits per heavy atom. The van der Waals surface area contributed by atoms with Gasteiger partial charge in [-0.25, -0.2) is 4.79 Å². The number of alkyl halides is 1. The summed E-state index contributed by atoms with van der Waals surface area (Å²) in [4.78, 5) is 10.7. The zero-order valence-corrected chi connectivity index (χ0v) is 9.54. The van der Waals surface area contributed by atoms with Crippen LogP contribution in [0.15, 0.2) is 18.2 Å². The lowest BCUT2D eigenvalue weighted by Gasteiger charge is -2.03. The summed E-state index contributed by atoms with van der Waals surface area (Å²) < 4.78 is 1.06. The second-order valence-corrected chi connectivity index (χ2v) is 3.97. The van der Waals surface area contributed by atoms with Crippen LogP contribution < -0.4 is 0 Å². The fraction of sp³-hybridized carbons (Fsp3) is 0.300. The van der Waals surface area contributed by atoms with Gasteiger partial charge in [-0.3, -0.25) is 0 Å². The van der Waals surface area contributed by atoms with E-state index in [4.69, 9.17) is 5.11 Å².